The lowest BCUT2D eigenvalue weighted by molar-refractivity contribution is -0.116. The van der Waals surface area contributed by atoms with E-state index in [1.807, 2.05) is 0 Å². The molecule has 16 heavy (non-hydrogen) atoms. The largest absolute Gasteiger partial charge is 0.497 e. The molecule has 1 rings (SSSR count). The van der Waals surface area contributed by atoms with Crippen LogP contribution < -0.4 is 15.2 Å². The molecule has 0 fully saturated rings. The van der Waals surface area contributed by atoms with Gasteiger partial charge in [0.2, 0.25) is 15.9 Å². The van der Waals surface area contributed by atoms with Crippen molar-refractivity contribution >= 4 is 15.9 Å². The first-order valence-corrected chi connectivity index (χ1v) is 5.86. The lowest BCUT2D eigenvalue weighted by Gasteiger charge is -2.05. The Labute approximate surface area is 93.5 Å². The van der Waals surface area contributed by atoms with Gasteiger partial charge in [0.15, 0.2) is 0 Å². The molecule has 7 heteroatoms. The van der Waals surface area contributed by atoms with E-state index in [-0.39, 0.29) is 4.90 Å². The standard InChI is InChI=1S/C9H12N2O4S/c1-15-7-2-4-8(5-3-7)16(13,14)11-6-9(10)12/h2-5,11H,6H2,1H3,(H2,10,12). The van der Waals surface area contributed by atoms with Crippen LogP contribution in [-0.4, -0.2) is 28.0 Å². The summed E-state index contributed by atoms with van der Waals surface area (Å²) in [6, 6.07) is 5.78. The fraction of sp³-hybridized carbons (Fsp3) is 0.222. The van der Waals surface area contributed by atoms with Crippen molar-refractivity contribution < 1.29 is 17.9 Å². The molecule has 6 nitrogen and oxygen atoms in total. The zero-order valence-electron chi connectivity index (χ0n) is 8.64. The number of nitrogens with two attached hydrogens (primary N) is 1. The number of carbonyl (C=O) groups is 1. The second-order valence-electron chi connectivity index (χ2n) is 2.97. The minimum atomic E-state index is -3.69. The van der Waals surface area contributed by atoms with E-state index in [1.165, 1.54) is 31.4 Å². The van der Waals surface area contributed by atoms with Crippen LogP contribution in [0.1, 0.15) is 0 Å². The van der Waals surface area contributed by atoms with Crippen molar-refractivity contribution in [2.75, 3.05) is 13.7 Å². The van der Waals surface area contributed by atoms with Crippen molar-refractivity contribution in [2.45, 2.75) is 4.90 Å². The van der Waals surface area contributed by atoms with Crippen molar-refractivity contribution in [1.82, 2.24) is 4.72 Å². The third kappa shape index (κ3) is 3.21. The molecule has 0 aliphatic carbocycles. The predicted octanol–water partition coefficient (Wildman–Crippen LogP) is -0.541. The number of methoxy groups -OCH3 is 1. The Kier molecular flexibility index (Phi) is 3.86. The smallest absolute Gasteiger partial charge is 0.241 e. The highest BCUT2D eigenvalue weighted by atomic mass is 32.2. The Morgan fingerprint density at radius 3 is 2.38 bits per heavy atom. The van der Waals surface area contributed by atoms with Crippen molar-refractivity contribution in [2.24, 2.45) is 5.73 Å². The highest BCUT2D eigenvalue weighted by Gasteiger charge is 2.14. The molecule has 0 radical (unpaired) electrons. The van der Waals surface area contributed by atoms with E-state index in [2.05, 4.69) is 4.72 Å². The Hall–Kier alpha value is -1.60. The average molecular weight is 244 g/mol. The number of sulfonamides is 1. The summed E-state index contributed by atoms with van der Waals surface area (Å²) in [4.78, 5) is 10.5. The normalized spacial score (nSPS) is 11.1. The molecular weight excluding hydrogens is 232 g/mol. The van der Waals surface area contributed by atoms with Crippen LogP contribution in [0.5, 0.6) is 5.75 Å². The molecule has 88 valence electrons. The SMILES string of the molecule is COc1ccc(S(=O)(=O)NCC(N)=O)cc1. The van der Waals surface area contributed by atoms with Gasteiger partial charge in [-0.15, -0.1) is 0 Å². The summed E-state index contributed by atoms with van der Waals surface area (Å²) in [5.74, 6) is -0.189. The maximum Gasteiger partial charge on any atom is 0.241 e. The Balaban J connectivity index is 2.85. The summed E-state index contributed by atoms with van der Waals surface area (Å²) < 4.78 is 30.1. The van der Waals surface area contributed by atoms with E-state index in [0.29, 0.717) is 5.75 Å². The molecule has 0 aliphatic heterocycles. The maximum absolute atomic E-state index is 11.6. The van der Waals surface area contributed by atoms with Gasteiger partial charge in [0.25, 0.3) is 0 Å². The van der Waals surface area contributed by atoms with Crippen LogP contribution in [0.4, 0.5) is 0 Å². The molecule has 3 N–H and O–H groups in total. The summed E-state index contributed by atoms with van der Waals surface area (Å²) in [6.45, 7) is -0.422. The summed E-state index contributed by atoms with van der Waals surface area (Å²) in [5.41, 5.74) is 4.84. The molecule has 0 atom stereocenters. The third-order valence-corrected chi connectivity index (χ3v) is 3.22. The van der Waals surface area contributed by atoms with Crippen LogP contribution >= 0.6 is 0 Å². The number of carbonyl (C=O) groups excluding carboxylic acids is 1. The van der Waals surface area contributed by atoms with E-state index in [9.17, 15) is 13.2 Å². The molecule has 0 aliphatic rings. The number of rotatable bonds is 5. The molecule has 0 saturated heterocycles. The van der Waals surface area contributed by atoms with E-state index in [0.717, 1.165) is 0 Å². The molecule has 0 aromatic heterocycles. The molecule has 0 unspecified atom stereocenters. The van der Waals surface area contributed by atoms with Gasteiger partial charge >= 0.3 is 0 Å². The van der Waals surface area contributed by atoms with E-state index >= 15 is 0 Å². The number of primary amides is 1. The first kappa shape index (κ1) is 12.5. The van der Waals surface area contributed by atoms with Gasteiger partial charge in [-0.05, 0) is 24.3 Å². The second-order valence-corrected chi connectivity index (χ2v) is 4.73. The fourth-order valence-electron chi connectivity index (χ4n) is 1.00. The van der Waals surface area contributed by atoms with Crippen molar-refractivity contribution in [3.05, 3.63) is 24.3 Å². The van der Waals surface area contributed by atoms with E-state index in [1.54, 1.807) is 0 Å². The first-order valence-electron chi connectivity index (χ1n) is 4.38. The predicted molar refractivity (Wildman–Crippen MR) is 57.4 cm³/mol. The highest BCUT2D eigenvalue weighted by molar-refractivity contribution is 7.89. The number of hydrogen-bond acceptors (Lipinski definition) is 4. The van der Waals surface area contributed by atoms with E-state index in [4.69, 9.17) is 10.5 Å². The topological polar surface area (TPSA) is 98.5 Å². The van der Waals surface area contributed by atoms with Crippen LogP contribution in [0.3, 0.4) is 0 Å². The van der Waals surface area contributed by atoms with Crippen molar-refractivity contribution in [1.29, 1.82) is 0 Å². The molecule has 1 amide bonds. The van der Waals surface area contributed by atoms with Crippen molar-refractivity contribution in [3.63, 3.8) is 0 Å². The Bertz CT molecular complexity index is 467. The van der Waals surface area contributed by atoms with Crippen LogP contribution in [-0.2, 0) is 14.8 Å². The van der Waals surface area contributed by atoms with Gasteiger partial charge in [-0.3, -0.25) is 4.79 Å². The zero-order chi connectivity index (χ0) is 12.2. The fourth-order valence-corrected chi connectivity index (χ4v) is 2.00. The second kappa shape index (κ2) is 4.95. The quantitative estimate of drug-likeness (QED) is 0.726. The van der Waals surface area contributed by atoms with Crippen LogP contribution in [0.25, 0.3) is 0 Å². The van der Waals surface area contributed by atoms with Crippen LogP contribution in [0.15, 0.2) is 29.2 Å². The minimum Gasteiger partial charge on any atom is -0.497 e. The van der Waals surface area contributed by atoms with Gasteiger partial charge in [0, 0.05) is 0 Å². The molecule has 1 aromatic rings. The molecule has 0 saturated carbocycles. The summed E-state index contributed by atoms with van der Waals surface area (Å²) in [7, 11) is -2.21. The van der Waals surface area contributed by atoms with Gasteiger partial charge in [0.05, 0.1) is 18.6 Å². The van der Waals surface area contributed by atoms with Crippen molar-refractivity contribution in [3.8, 4) is 5.75 Å². The lowest BCUT2D eigenvalue weighted by atomic mass is 10.3. The van der Waals surface area contributed by atoms with E-state index < -0.39 is 22.5 Å². The molecule has 0 bridgehead atoms. The Morgan fingerprint density at radius 1 is 1.38 bits per heavy atom. The summed E-state index contributed by atoms with van der Waals surface area (Å²) in [5, 5.41) is 0. The highest BCUT2D eigenvalue weighted by Crippen LogP contribution is 2.14. The summed E-state index contributed by atoms with van der Waals surface area (Å²) in [6.07, 6.45) is 0. The molecule has 1 aromatic carbocycles. The minimum absolute atomic E-state index is 0.0505. The first-order chi connectivity index (χ1) is 7.45. The maximum atomic E-state index is 11.6. The molecule has 0 spiro atoms. The number of ether oxygens (including phenoxy) is 1. The average Bonchev–Trinajstić information content (AvgIpc) is 2.27. The Morgan fingerprint density at radius 2 is 1.94 bits per heavy atom. The number of hydrogen-bond donors (Lipinski definition) is 2. The van der Waals surface area contributed by atoms with Crippen LogP contribution in [0, 0.1) is 0 Å². The number of nitrogens with one attached hydrogen (secondary N) is 1. The van der Waals surface area contributed by atoms with Gasteiger partial charge in [0.1, 0.15) is 5.75 Å². The monoisotopic (exact) mass is 244 g/mol. The number of amides is 1. The lowest BCUT2D eigenvalue weighted by Crippen LogP contribution is -2.33. The third-order valence-electron chi connectivity index (χ3n) is 1.81. The van der Waals surface area contributed by atoms with Gasteiger partial charge in [-0.2, -0.15) is 0 Å². The number of benzene rings is 1. The van der Waals surface area contributed by atoms with Gasteiger partial charge in [-0.1, -0.05) is 0 Å². The summed E-state index contributed by atoms with van der Waals surface area (Å²) >= 11 is 0. The van der Waals surface area contributed by atoms with Gasteiger partial charge in [-0.25, -0.2) is 13.1 Å². The zero-order valence-corrected chi connectivity index (χ0v) is 9.45. The molecule has 0 heterocycles. The van der Waals surface area contributed by atoms with Crippen LogP contribution in [0.2, 0.25) is 0 Å². The van der Waals surface area contributed by atoms with Gasteiger partial charge < -0.3 is 10.5 Å². The molecular formula is C9H12N2O4S.